The fraction of sp³-hybridized carbons (Fsp3) is 0.800. The van der Waals surface area contributed by atoms with E-state index in [0.717, 1.165) is 0 Å². The maximum absolute atomic E-state index is 10.4. The maximum Gasteiger partial charge on any atom is 0.333 e. The third kappa shape index (κ3) is 5.49. The van der Waals surface area contributed by atoms with Crippen LogP contribution < -0.4 is 5.73 Å². The molecule has 0 saturated heterocycles. The smallest absolute Gasteiger partial charge is 0.333 e. The highest BCUT2D eigenvalue weighted by atomic mass is 16.6. The molecule has 0 spiro atoms. The van der Waals surface area contributed by atoms with Crippen molar-refractivity contribution in [3.63, 3.8) is 0 Å². The molecule has 5 nitrogen and oxygen atoms in total. The van der Waals surface area contributed by atoms with Gasteiger partial charge >= 0.3 is 5.97 Å². The van der Waals surface area contributed by atoms with Crippen LogP contribution >= 0.6 is 0 Å². The lowest BCUT2D eigenvalue weighted by Crippen LogP contribution is -2.17. The topological polar surface area (TPSA) is 81.8 Å². The Morgan fingerprint density at radius 3 is 2.80 bits per heavy atom. The Labute approximate surface area is 58.7 Å². The highest BCUT2D eigenvalue weighted by molar-refractivity contribution is 5.70. The van der Waals surface area contributed by atoms with Gasteiger partial charge in [0.1, 0.15) is 13.3 Å². The van der Waals surface area contributed by atoms with E-state index in [-0.39, 0.29) is 26.6 Å². The zero-order valence-corrected chi connectivity index (χ0v) is 5.58. The average Bonchev–Trinajstić information content (AvgIpc) is 1.89. The lowest BCUT2D eigenvalue weighted by atomic mass is 10.7. The molecule has 0 aromatic carbocycles. The van der Waals surface area contributed by atoms with Gasteiger partial charge < -0.3 is 14.6 Å². The Hall–Kier alpha value is -0.650. The number of carbonyl (C=O) groups excluding carboxylic acids is 1. The van der Waals surface area contributed by atoms with Gasteiger partial charge in [-0.1, -0.05) is 0 Å². The standard InChI is InChI=1S/C5H11NO4/c6-4-10-5(8)3-9-2-1-7/h7H,1-4,6H2. The van der Waals surface area contributed by atoms with Crippen molar-refractivity contribution in [2.45, 2.75) is 0 Å². The van der Waals surface area contributed by atoms with Crippen LogP contribution in [0.3, 0.4) is 0 Å². The van der Waals surface area contributed by atoms with Crippen LogP contribution in [0.15, 0.2) is 0 Å². The third-order valence-corrected chi connectivity index (χ3v) is 0.700. The number of rotatable bonds is 5. The van der Waals surface area contributed by atoms with E-state index in [1.165, 1.54) is 0 Å². The molecule has 0 aliphatic carbocycles. The molecule has 0 atom stereocenters. The molecular formula is C5H11NO4. The minimum absolute atomic E-state index is 0.101. The molecule has 0 heterocycles. The summed E-state index contributed by atoms with van der Waals surface area (Å²) in [5.74, 6) is -0.518. The van der Waals surface area contributed by atoms with Crippen molar-refractivity contribution in [2.24, 2.45) is 5.73 Å². The molecule has 0 aliphatic rings. The van der Waals surface area contributed by atoms with Crippen LogP contribution in [0, 0.1) is 0 Å². The Balaban J connectivity index is 3.05. The normalized spacial score (nSPS) is 9.40. The summed E-state index contributed by atoms with van der Waals surface area (Å²) in [6.45, 7) is -0.255. The van der Waals surface area contributed by atoms with Crippen LogP contribution in [0.4, 0.5) is 0 Å². The van der Waals surface area contributed by atoms with E-state index in [2.05, 4.69) is 9.47 Å². The second kappa shape index (κ2) is 6.47. The zero-order chi connectivity index (χ0) is 7.82. The van der Waals surface area contributed by atoms with Gasteiger partial charge in [-0.15, -0.1) is 0 Å². The van der Waals surface area contributed by atoms with E-state index in [0.29, 0.717) is 0 Å². The maximum atomic E-state index is 10.4. The molecule has 0 aromatic rings. The number of aliphatic hydroxyl groups is 1. The molecule has 0 aliphatic heterocycles. The third-order valence-electron chi connectivity index (χ3n) is 0.700. The zero-order valence-electron chi connectivity index (χ0n) is 5.58. The van der Waals surface area contributed by atoms with Crippen molar-refractivity contribution >= 4 is 5.97 Å². The summed E-state index contributed by atoms with van der Waals surface area (Å²) in [6.07, 6.45) is 0. The van der Waals surface area contributed by atoms with Gasteiger partial charge in [0, 0.05) is 0 Å². The summed E-state index contributed by atoms with van der Waals surface area (Å²) in [7, 11) is 0. The van der Waals surface area contributed by atoms with Crippen LogP contribution in [0.1, 0.15) is 0 Å². The molecule has 3 N–H and O–H groups in total. The number of hydrogen-bond donors (Lipinski definition) is 2. The summed E-state index contributed by atoms with van der Waals surface area (Å²) >= 11 is 0. The van der Waals surface area contributed by atoms with Gasteiger partial charge in [-0.3, -0.25) is 5.73 Å². The second-order valence-corrected chi connectivity index (χ2v) is 1.46. The van der Waals surface area contributed by atoms with Crippen LogP contribution in [0.2, 0.25) is 0 Å². The first-order chi connectivity index (χ1) is 4.81. The molecule has 0 rings (SSSR count). The van der Waals surface area contributed by atoms with Gasteiger partial charge in [-0.25, -0.2) is 4.79 Å². The summed E-state index contributed by atoms with van der Waals surface area (Å²) in [5, 5.41) is 8.21. The van der Waals surface area contributed by atoms with Gasteiger partial charge in [-0.2, -0.15) is 0 Å². The van der Waals surface area contributed by atoms with Crippen molar-refractivity contribution in [3.8, 4) is 0 Å². The molecule has 10 heavy (non-hydrogen) atoms. The Morgan fingerprint density at radius 1 is 1.60 bits per heavy atom. The second-order valence-electron chi connectivity index (χ2n) is 1.46. The predicted octanol–water partition coefficient (Wildman–Crippen LogP) is -1.55. The molecule has 0 fully saturated rings. The highest BCUT2D eigenvalue weighted by Gasteiger charge is 1.99. The van der Waals surface area contributed by atoms with Crippen molar-refractivity contribution in [1.29, 1.82) is 0 Å². The number of aliphatic hydroxyl groups excluding tert-OH is 1. The first-order valence-corrected chi connectivity index (χ1v) is 2.85. The van der Waals surface area contributed by atoms with Gasteiger partial charge in [0.05, 0.1) is 13.2 Å². The Morgan fingerprint density at radius 2 is 2.30 bits per heavy atom. The number of hydrogen-bond acceptors (Lipinski definition) is 5. The van der Waals surface area contributed by atoms with E-state index in [1.54, 1.807) is 0 Å². The summed E-state index contributed by atoms with van der Waals surface area (Å²) < 4.78 is 8.94. The van der Waals surface area contributed by atoms with E-state index < -0.39 is 5.97 Å². The minimum Gasteiger partial charge on any atom is -0.448 e. The van der Waals surface area contributed by atoms with Crippen molar-refractivity contribution in [2.75, 3.05) is 26.6 Å². The monoisotopic (exact) mass is 149 g/mol. The number of nitrogens with two attached hydrogens (primary N) is 1. The fourth-order valence-corrected chi connectivity index (χ4v) is 0.355. The molecule has 0 amide bonds. The molecule has 0 radical (unpaired) electrons. The van der Waals surface area contributed by atoms with Crippen molar-refractivity contribution in [1.82, 2.24) is 0 Å². The van der Waals surface area contributed by atoms with Crippen molar-refractivity contribution in [3.05, 3.63) is 0 Å². The molecule has 0 unspecified atom stereocenters. The summed E-state index contributed by atoms with van der Waals surface area (Å²) in [6, 6.07) is 0. The molecule has 0 bridgehead atoms. The van der Waals surface area contributed by atoms with Crippen LogP contribution in [0.5, 0.6) is 0 Å². The Kier molecular flexibility index (Phi) is 6.05. The molecule has 5 heteroatoms. The quantitative estimate of drug-likeness (QED) is 0.281. The first kappa shape index (κ1) is 9.35. The summed E-state index contributed by atoms with van der Waals surface area (Å²) in [4.78, 5) is 10.4. The number of carbonyl (C=O) groups is 1. The highest BCUT2D eigenvalue weighted by Crippen LogP contribution is 1.77. The summed E-state index contributed by atoms with van der Waals surface area (Å²) in [5.41, 5.74) is 4.89. The minimum atomic E-state index is -0.518. The van der Waals surface area contributed by atoms with Crippen molar-refractivity contribution < 1.29 is 19.4 Å². The van der Waals surface area contributed by atoms with E-state index in [1.807, 2.05) is 0 Å². The molecule has 60 valence electrons. The number of esters is 1. The lowest BCUT2D eigenvalue weighted by molar-refractivity contribution is -0.149. The fourth-order valence-electron chi connectivity index (χ4n) is 0.355. The number of ether oxygens (including phenoxy) is 2. The average molecular weight is 149 g/mol. The molecular weight excluding hydrogens is 138 g/mol. The van der Waals surface area contributed by atoms with E-state index in [4.69, 9.17) is 10.8 Å². The lowest BCUT2D eigenvalue weighted by Gasteiger charge is -2.00. The largest absolute Gasteiger partial charge is 0.448 e. The van der Waals surface area contributed by atoms with Crippen LogP contribution in [0.25, 0.3) is 0 Å². The predicted molar refractivity (Wildman–Crippen MR) is 33.1 cm³/mol. The molecule has 0 aromatic heterocycles. The van der Waals surface area contributed by atoms with Gasteiger partial charge in [0.15, 0.2) is 0 Å². The van der Waals surface area contributed by atoms with Gasteiger partial charge in [-0.05, 0) is 0 Å². The molecule has 0 saturated carbocycles. The van der Waals surface area contributed by atoms with Crippen LogP contribution in [-0.2, 0) is 14.3 Å². The van der Waals surface area contributed by atoms with E-state index >= 15 is 0 Å². The SMILES string of the molecule is NCOC(=O)COCCO. The van der Waals surface area contributed by atoms with Gasteiger partial charge in [0.25, 0.3) is 0 Å². The van der Waals surface area contributed by atoms with Gasteiger partial charge in [0.2, 0.25) is 0 Å². The first-order valence-electron chi connectivity index (χ1n) is 2.85. The van der Waals surface area contributed by atoms with E-state index in [9.17, 15) is 4.79 Å². The van der Waals surface area contributed by atoms with Crippen LogP contribution in [-0.4, -0.2) is 37.6 Å². The Bertz CT molecular complexity index is 95.6.